The summed E-state index contributed by atoms with van der Waals surface area (Å²) >= 11 is 5.62. The molecule has 1 aromatic carbocycles. The largest absolute Gasteiger partial charge is 0.298 e. The number of carbonyl (C=O) groups is 2. The number of rotatable bonds is 3. The zero-order valence-electron chi connectivity index (χ0n) is 7.76. The molecule has 0 aromatic heterocycles. The number of ketones is 1. The molecule has 0 aliphatic heterocycles. The maximum absolute atomic E-state index is 12.5. The molecule has 0 heterocycles. The van der Waals surface area contributed by atoms with E-state index in [1.807, 2.05) is 0 Å². The summed E-state index contributed by atoms with van der Waals surface area (Å²) in [5, 5.41) is -0.000370. The zero-order valence-corrected chi connectivity index (χ0v) is 8.52. The van der Waals surface area contributed by atoms with Gasteiger partial charge in [0.1, 0.15) is 0 Å². The molecular formula is C10H7ClF2O2. The van der Waals surface area contributed by atoms with Gasteiger partial charge in [-0.2, -0.15) is 0 Å². The summed E-state index contributed by atoms with van der Waals surface area (Å²) in [7, 11) is 0. The van der Waals surface area contributed by atoms with E-state index in [1.165, 1.54) is 6.07 Å². The van der Waals surface area contributed by atoms with Crippen molar-refractivity contribution in [3.63, 3.8) is 0 Å². The van der Waals surface area contributed by atoms with Gasteiger partial charge in [-0.3, -0.25) is 9.59 Å². The number of Topliss-reactive ketones (excluding diaryl/α,β-unsaturated/α-hetero) is 1. The minimum absolute atomic E-state index is 0.000370. The van der Waals surface area contributed by atoms with E-state index < -0.39 is 17.8 Å². The molecule has 0 amide bonds. The lowest BCUT2D eigenvalue weighted by Crippen LogP contribution is -2.05. The van der Waals surface area contributed by atoms with Crippen LogP contribution >= 0.6 is 11.6 Å². The van der Waals surface area contributed by atoms with Crippen molar-refractivity contribution in [1.82, 2.24) is 0 Å². The Morgan fingerprint density at radius 3 is 2.47 bits per heavy atom. The summed E-state index contributed by atoms with van der Waals surface area (Å²) < 4.78 is 25.0. The molecule has 1 aromatic rings. The van der Waals surface area contributed by atoms with Crippen LogP contribution in [0.1, 0.15) is 39.6 Å². The van der Waals surface area contributed by atoms with E-state index in [0.717, 1.165) is 13.0 Å². The molecule has 1 rings (SSSR count). The molecule has 0 fully saturated rings. The van der Waals surface area contributed by atoms with Crippen LogP contribution in [-0.2, 0) is 0 Å². The van der Waals surface area contributed by atoms with E-state index in [4.69, 9.17) is 11.6 Å². The number of hydrogen-bond donors (Lipinski definition) is 0. The van der Waals surface area contributed by atoms with E-state index in [-0.39, 0.29) is 16.1 Å². The van der Waals surface area contributed by atoms with Crippen LogP contribution in [0.5, 0.6) is 0 Å². The van der Waals surface area contributed by atoms with Gasteiger partial charge in [-0.15, -0.1) is 0 Å². The van der Waals surface area contributed by atoms with E-state index in [1.54, 1.807) is 0 Å². The van der Waals surface area contributed by atoms with Gasteiger partial charge in [0.15, 0.2) is 12.1 Å². The van der Waals surface area contributed by atoms with Crippen molar-refractivity contribution in [3.05, 3.63) is 33.8 Å². The van der Waals surface area contributed by atoms with Crippen LogP contribution < -0.4 is 0 Å². The number of alkyl halides is 2. The standard InChI is InChI=1S/C10H7ClF2O2/c1-5(15)9-6(10(12)13)2-3-8(11)7(9)4-14/h2-4,10H,1H3. The maximum Gasteiger partial charge on any atom is 0.264 e. The van der Waals surface area contributed by atoms with Crippen molar-refractivity contribution in [2.24, 2.45) is 0 Å². The molecule has 15 heavy (non-hydrogen) atoms. The predicted octanol–water partition coefficient (Wildman–Crippen LogP) is 3.29. The molecule has 0 radical (unpaired) electrons. The summed E-state index contributed by atoms with van der Waals surface area (Å²) in [4.78, 5) is 21.8. The van der Waals surface area contributed by atoms with Crippen LogP contribution in [0, 0.1) is 0 Å². The molecule has 0 unspecified atom stereocenters. The Kier molecular flexibility index (Phi) is 3.52. The first-order valence-corrected chi connectivity index (χ1v) is 4.43. The molecule has 2 nitrogen and oxygen atoms in total. The normalized spacial score (nSPS) is 10.5. The average Bonchev–Trinajstić information content (AvgIpc) is 2.16. The lowest BCUT2D eigenvalue weighted by molar-refractivity contribution is 0.0991. The number of hydrogen-bond acceptors (Lipinski definition) is 2. The van der Waals surface area contributed by atoms with Gasteiger partial charge in [0.25, 0.3) is 6.43 Å². The monoisotopic (exact) mass is 232 g/mol. The molecule has 0 bridgehead atoms. The number of benzene rings is 1. The zero-order chi connectivity index (χ0) is 11.6. The summed E-state index contributed by atoms with van der Waals surface area (Å²) in [6.45, 7) is 1.12. The van der Waals surface area contributed by atoms with Crippen LogP contribution in [0.2, 0.25) is 5.02 Å². The molecule has 80 valence electrons. The van der Waals surface area contributed by atoms with Crippen molar-refractivity contribution >= 4 is 23.7 Å². The Labute approximate surface area is 89.8 Å². The van der Waals surface area contributed by atoms with E-state index in [9.17, 15) is 18.4 Å². The summed E-state index contributed by atoms with van der Waals surface area (Å²) in [5.74, 6) is -0.602. The quantitative estimate of drug-likeness (QED) is 0.592. The minimum Gasteiger partial charge on any atom is -0.298 e. The van der Waals surface area contributed by atoms with Gasteiger partial charge < -0.3 is 0 Å². The Morgan fingerprint density at radius 2 is 2.07 bits per heavy atom. The lowest BCUT2D eigenvalue weighted by atomic mass is 9.99. The van der Waals surface area contributed by atoms with Crippen molar-refractivity contribution in [1.29, 1.82) is 0 Å². The Hall–Kier alpha value is -1.29. The molecule has 0 aliphatic carbocycles. The highest BCUT2D eigenvalue weighted by molar-refractivity contribution is 6.33. The Morgan fingerprint density at radius 1 is 1.47 bits per heavy atom. The molecule has 0 spiro atoms. The number of carbonyl (C=O) groups excluding carboxylic acids is 2. The SMILES string of the molecule is CC(=O)c1c(C(F)F)ccc(Cl)c1C=O. The maximum atomic E-state index is 12.5. The van der Waals surface area contributed by atoms with Crippen LogP contribution in [0.15, 0.2) is 12.1 Å². The summed E-state index contributed by atoms with van der Waals surface area (Å²) in [6.07, 6.45) is -2.50. The summed E-state index contributed by atoms with van der Waals surface area (Å²) in [6, 6.07) is 2.23. The topological polar surface area (TPSA) is 34.1 Å². The third-order valence-corrected chi connectivity index (χ3v) is 2.26. The molecule has 0 saturated carbocycles. The van der Waals surface area contributed by atoms with Crippen LogP contribution in [0.3, 0.4) is 0 Å². The van der Waals surface area contributed by atoms with Crippen molar-refractivity contribution < 1.29 is 18.4 Å². The minimum atomic E-state index is -2.81. The molecule has 0 atom stereocenters. The van der Waals surface area contributed by atoms with Gasteiger partial charge in [-0.25, -0.2) is 8.78 Å². The van der Waals surface area contributed by atoms with Crippen molar-refractivity contribution in [3.8, 4) is 0 Å². The average molecular weight is 233 g/mol. The Bertz CT molecular complexity index is 416. The lowest BCUT2D eigenvalue weighted by Gasteiger charge is -2.09. The smallest absolute Gasteiger partial charge is 0.264 e. The number of halogens is 3. The predicted molar refractivity (Wildman–Crippen MR) is 51.8 cm³/mol. The second kappa shape index (κ2) is 4.49. The van der Waals surface area contributed by atoms with Gasteiger partial charge in [0.2, 0.25) is 0 Å². The third kappa shape index (κ3) is 2.21. The molecule has 5 heteroatoms. The Balaban J connectivity index is 3.56. The second-order valence-electron chi connectivity index (χ2n) is 2.90. The van der Waals surface area contributed by atoms with Crippen molar-refractivity contribution in [2.45, 2.75) is 13.3 Å². The van der Waals surface area contributed by atoms with Gasteiger partial charge in [0, 0.05) is 16.7 Å². The summed E-state index contributed by atoms with van der Waals surface area (Å²) in [5.41, 5.74) is -0.941. The first-order valence-electron chi connectivity index (χ1n) is 4.05. The highest BCUT2D eigenvalue weighted by Gasteiger charge is 2.21. The highest BCUT2D eigenvalue weighted by Crippen LogP contribution is 2.29. The molecule has 0 aliphatic rings. The number of aldehydes is 1. The molecular weight excluding hydrogens is 226 g/mol. The fourth-order valence-corrected chi connectivity index (χ4v) is 1.50. The first kappa shape index (κ1) is 11.8. The van der Waals surface area contributed by atoms with Crippen LogP contribution in [-0.4, -0.2) is 12.1 Å². The first-order chi connectivity index (χ1) is 6.99. The fourth-order valence-electron chi connectivity index (χ4n) is 1.30. The van der Waals surface area contributed by atoms with Crippen LogP contribution in [0.4, 0.5) is 8.78 Å². The van der Waals surface area contributed by atoms with Gasteiger partial charge in [-0.05, 0) is 13.0 Å². The van der Waals surface area contributed by atoms with E-state index >= 15 is 0 Å². The highest BCUT2D eigenvalue weighted by atomic mass is 35.5. The van der Waals surface area contributed by atoms with Gasteiger partial charge >= 0.3 is 0 Å². The van der Waals surface area contributed by atoms with Crippen LogP contribution in [0.25, 0.3) is 0 Å². The fraction of sp³-hybridized carbons (Fsp3) is 0.200. The third-order valence-electron chi connectivity index (χ3n) is 1.93. The molecule has 0 saturated heterocycles. The van der Waals surface area contributed by atoms with E-state index in [0.29, 0.717) is 6.29 Å². The van der Waals surface area contributed by atoms with Crippen molar-refractivity contribution in [2.75, 3.05) is 0 Å². The van der Waals surface area contributed by atoms with Gasteiger partial charge in [-0.1, -0.05) is 17.7 Å². The van der Waals surface area contributed by atoms with Gasteiger partial charge in [0.05, 0.1) is 5.02 Å². The molecule has 0 N–H and O–H groups in total. The second-order valence-corrected chi connectivity index (χ2v) is 3.31. The van der Waals surface area contributed by atoms with E-state index in [2.05, 4.69) is 0 Å².